The van der Waals surface area contributed by atoms with E-state index in [0.717, 1.165) is 0 Å². The van der Waals surface area contributed by atoms with Crippen LogP contribution in [0.4, 0.5) is 5.69 Å². The van der Waals surface area contributed by atoms with Crippen LogP contribution in [0.2, 0.25) is 0 Å². The number of para-hydroxylation sites is 1. The van der Waals surface area contributed by atoms with Crippen LogP contribution < -0.4 is 5.32 Å². The molecule has 5 heteroatoms. The fourth-order valence-electron chi connectivity index (χ4n) is 1.22. The van der Waals surface area contributed by atoms with Gasteiger partial charge in [0.25, 0.3) is 0 Å². The lowest BCUT2D eigenvalue weighted by atomic mass is 10.3. The summed E-state index contributed by atoms with van der Waals surface area (Å²) in [5.41, 5.74) is 0.596. The average molecular weight is 253 g/mol. The zero-order chi connectivity index (χ0) is 12.7. The van der Waals surface area contributed by atoms with Gasteiger partial charge < -0.3 is 5.32 Å². The molecule has 0 unspecified atom stereocenters. The van der Waals surface area contributed by atoms with Gasteiger partial charge in [0.15, 0.2) is 9.84 Å². The summed E-state index contributed by atoms with van der Waals surface area (Å²) < 4.78 is 23.0. The second kappa shape index (κ2) is 6.20. The summed E-state index contributed by atoms with van der Waals surface area (Å²) in [6, 6.07) is 8.76. The van der Waals surface area contributed by atoms with Crippen molar-refractivity contribution in [3.8, 4) is 0 Å². The van der Waals surface area contributed by atoms with Gasteiger partial charge >= 0.3 is 0 Å². The highest BCUT2D eigenvalue weighted by molar-refractivity contribution is 7.92. The van der Waals surface area contributed by atoms with Crippen LogP contribution in [0.3, 0.4) is 0 Å². The van der Waals surface area contributed by atoms with E-state index in [4.69, 9.17) is 0 Å². The van der Waals surface area contributed by atoms with Gasteiger partial charge in [-0.3, -0.25) is 4.79 Å². The Kier molecular flexibility index (Phi) is 4.90. The van der Waals surface area contributed by atoms with Crippen molar-refractivity contribution in [2.75, 3.05) is 16.8 Å². The molecule has 0 heterocycles. The summed E-state index contributed by atoms with van der Waals surface area (Å²) in [5, 5.41) is 2.53. The van der Waals surface area contributed by atoms with E-state index < -0.39 is 21.5 Å². The van der Waals surface area contributed by atoms with Crippen molar-refractivity contribution in [2.45, 2.75) is 6.92 Å². The second-order valence-electron chi connectivity index (χ2n) is 3.54. The molecule has 0 aliphatic rings. The number of sulfone groups is 1. The molecule has 0 radical (unpaired) electrons. The van der Waals surface area contributed by atoms with Crippen LogP contribution in [0, 0.1) is 0 Å². The molecule has 0 bridgehead atoms. The van der Waals surface area contributed by atoms with Gasteiger partial charge in [-0.1, -0.05) is 30.4 Å². The van der Waals surface area contributed by atoms with Crippen molar-refractivity contribution < 1.29 is 13.2 Å². The van der Waals surface area contributed by atoms with Crippen molar-refractivity contribution in [1.82, 2.24) is 0 Å². The van der Waals surface area contributed by atoms with Gasteiger partial charge in [-0.05, 0) is 19.1 Å². The van der Waals surface area contributed by atoms with Crippen molar-refractivity contribution in [3.63, 3.8) is 0 Å². The third-order valence-corrected chi connectivity index (χ3v) is 3.40. The Bertz CT molecular complexity index is 492. The van der Waals surface area contributed by atoms with E-state index in [-0.39, 0.29) is 5.75 Å². The third kappa shape index (κ3) is 5.31. The first-order chi connectivity index (χ1) is 8.03. The van der Waals surface area contributed by atoms with E-state index >= 15 is 0 Å². The quantitative estimate of drug-likeness (QED) is 0.811. The smallest absolute Gasteiger partial charge is 0.239 e. The minimum Gasteiger partial charge on any atom is -0.325 e. The van der Waals surface area contributed by atoms with Crippen molar-refractivity contribution in [1.29, 1.82) is 0 Å². The molecule has 0 fully saturated rings. The highest BCUT2D eigenvalue weighted by atomic mass is 32.2. The maximum atomic E-state index is 11.5. The SMILES string of the molecule is C/C=C/CS(=O)(=O)CC(=O)Nc1ccccc1. The number of allylic oxidation sites excluding steroid dienone is 1. The monoisotopic (exact) mass is 253 g/mol. The predicted octanol–water partition coefficient (Wildman–Crippen LogP) is 1.62. The standard InChI is InChI=1S/C12H15NO3S/c1-2-3-9-17(15,16)10-12(14)13-11-7-5-4-6-8-11/h2-8H,9-10H2,1H3,(H,13,14)/b3-2+. The summed E-state index contributed by atoms with van der Waals surface area (Å²) in [4.78, 5) is 11.5. The molecule has 0 atom stereocenters. The summed E-state index contributed by atoms with van der Waals surface area (Å²) in [6.45, 7) is 1.74. The summed E-state index contributed by atoms with van der Waals surface area (Å²) in [6.07, 6.45) is 3.16. The highest BCUT2D eigenvalue weighted by Crippen LogP contribution is 2.05. The number of amides is 1. The number of benzene rings is 1. The Morgan fingerprint density at radius 1 is 1.29 bits per heavy atom. The van der Waals surface area contributed by atoms with Crippen LogP contribution in [0.5, 0.6) is 0 Å². The van der Waals surface area contributed by atoms with Gasteiger partial charge in [0.1, 0.15) is 5.75 Å². The molecule has 1 N–H and O–H groups in total. The first-order valence-electron chi connectivity index (χ1n) is 5.20. The number of nitrogens with one attached hydrogen (secondary N) is 1. The summed E-state index contributed by atoms with van der Waals surface area (Å²) in [7, 11) is -3.36. The van der Waals surface area contributed by atoms with Crippen molar-refractivity contribution >= 4 is 21.4 Å². The zero-order valence-corrected chi connectivity index (χ0v) is 10.4. The van der Waals surface area contributed by atoms with Gasteiger partial charge in [-0.25, -0.2) is 8.42 Å². The molecule has 1 rings (SSSR count). The number of anilines is 1. The lowest BCUT2D eigenvalue weighted by Gasteiger charge is -2.04. The van der Waals surface area contributed by atoms with Crippen LogP contribution in [-0.2, 0) is 14.6 Å². The lowest BCUT2D eigenvalue weighted by molar-refractivity contribution is -0.113. The molecule has 0 aromatic heterocycles. The molecule has 0 saturated heterocycles. The molecule has 0 aliphatic heterocycles. The number of hydrogen-bond acceptors (Lipinski definition) is 3. The summed E-state index contributed by atoms with van der Waals surface area (Å²) in [5.74, 6) is -1.11. The molecule has 1 aromatic carbocycles. The highest BCUT2D eigenvalue weighted by Gasteiger charge is 2.14. The molecule has 0 saturated carbocycles. The fourth-order valence-corrected chi connectivity index (χ4v) is 2.30. The molecule has 1 aromatic rings. The number of carbonyl (C=O) groups excluding carboxylic acids is 1. The minimum absolute atomic E-state index is 0.105. The molecule has 92 valence electrons. The maximum Gasteiger partial charge on any atom is 0.239 e. The van der Waals surface area contributed by atoms with E-state index in [0.29, 0.717) is 5.69 Å². The van der Waals surface area contributed by atoms with E-state index in [1.54, 1.807) is 37.3 Å². The number of hydrogen-bond donors (Lipinski definition) is 1. The maximum absolute atomic E-state index is 11.5. The molecule has 4 nitrogen and oxygen atoms in total. The third-order valence-electron chi connectivity index (χ3n) is 1.99. The fraction of sp³-hybridized carbons (Fsp3) is 0.250. The molecule has 17 heavy (non-hydrogen) atoms. The Labute approximate surface area is 101 Å². The Balaban J connectivity index is 2.56. The van der Waals surface area contributed by atoms with Crippen LogP contribution in [0.1, 0.15) is 6.92 Å². The van der Waals surface area contributed by atoms with Gasteiger partial charge in [0, 0.05) is 5.69 Å². The second-order valence-corrected chi connectivity index (χ2v) is 5.65. The first kappa shape index (κ1) is 13.4. The number of rotatable bonds is 5. The zero-order valence-electron chi connectivity index (χ0n) is 9.59. The van der Waals surface area contributed by atoms with Gasteiger partial charge in [0.2, 0.25) is 5.91 Å². The van der Waals surface area contributed by atoms with Crippen LogP contribution in [0.25, 0.3) is 0 Å². The van der Waals surface area contributed by atoms with Crippen LogP contribution in [0.15, 0.2) is 42.5 Å². The molecule has 1 amide bonds. The lowest BCUT2D eigenvalue weighted by Crippen LogP contribution is -2.24. The van der Waals surface area contributed by atoms with Crippen molar-refractivity contribution in [3.05, 3.63) is 42.5 Å². The largest absolute Gasteiger partial charge is 0.325 e. The average Bonchev–Trinajstić information content (AvgIpc) is 2.27. The van der Waals surface area contributed by atoms with Crippen LogP contribution >= 0.6 is 0 Å². The van der Waals surface area contributed by atoms with E-state index in [2.05, 4.69) is 5.32 Å². The number of carbonyl (C=O) groups is 1. The van der Waals surface area contributed by atoms with E-state index in [1.807, 2.05) is 6.07 Å². The Morgan fingerprint density at radius 2 is 1.94 bits per heavy atom. The predicted molar refractivity (Wildman–Crippen MR) is 68.5 cm³/mol. The minimum atomic E-state index is -3.36. The van der Waals surface area contributed by atoms with Gasteiger partial charge in [-0.2, -0.15) is 0 Å². The van der Waals surface area contributed by atoms with Crippen molar-refractivity contribution in [2.24, 2.45) is 0 Å². The van der Waals surface area contributed by atoms with E-state index in [9.17, 15) is 13.2 Å². The van der Waals surface area contributed by atoms with Crippen LogP contribution in [-0.4, -0.2) is 25.8 Å². The van der Waals surface area contributed by atoms with Gasteiger partial charge in [-0.15, -0.1) is 0 Å². The molecule has 0 aliphatic carbocycles. The Morgan fingerprint density at radius 3 is 2.53 bits per heavy atom. The normalized spacial score (nSPS) is 11.6. The molecular formula is C12H15NO3S. The van der Waals surface area contributed by atoms with E-state index in [1.165, 1.54) is 6.08 Å². The Hall–Kier alpha value is -1.62. The topological polar surface area (TPSA) is 63.2 Å². The molecular weight excluding hydrogens is 238 g/mol. The molecule has 0 spiro atoms. The van der Waals surface area contributed by atoms with Gasteiger partial charge in [0.05, 0.1) is 5.75 Å². The summed E-state index contributed by atoms with van der Waals surface area (Å²) >= 11 is 0. The first-order valence-corrected chi connectivity index (χ1v) is 7.02.